The highest BCUT2D eigenvalue weighted by Gasteiger charge is 2.08. The molecule has 1 N–H and O–H groups in total. The topological polar surface area (TPSA) is 29.1 Å². The Kier molecular flexibility index (Phi) is 5.05. The largest absolute Gasteiger partial charge is 0.304 e. The first-order valence-electron chi connectivity index (χ1n) is 5.45. The fourth-order valence-corrected chi connectivity index (χ4v) is 1.54. The van der Waals surface area contributed by atoms with E-state index in [2.05, 4.69) is 31.3 Å². The normalized spacial score (nSPS) is 12.7. The minimum Gasteiger partial charge on any atom is -0.304 e. The summed E-state index contributed by atoms with van der Waals surface area (Å²) in [6.07, 6.45) is 1.90. The van der Waals surface area contributed by atoms with Gasteiger partial charge in [-0.2, -0.15) is 0 Å². The number of hydrogen-bond donors (Lipinski definition) is 1. The lowest BCUT2D eigenvalue weighted by atomic mass is 10.0. The summed E-state index contributed by atoms with van der Waals surface area (Å²) in [5.41, 5.74) is 1.22. The van der Waals surface area contributed by atoms with Gasteiger partial charge in [-0.3, -0.25) is 0 Å². The maximum atomic E-state index is 10.8. The molecular weight excluding hydrogens is 186 g/mol. The van der Waals surface area contributed by atoms with Gasteiger partial charge in [-0.05, 0) is 17.9 Å². The van der Waals surface area contributed by atoms with Crippen LogP contribution >= 0.6 is 0 Å². The Hall–Kier alpha value is -1.15. The van der Waals surface area contributed by atoms with Crippen LogP contribution in [0.4, 0.5) is 0 Å². The second-order valence-electron chi connectivity index (χ2n) is 4.24. The van der Waals surface area contributed by atoms with Crippen LogP contribution in [0, 0.1) is 5.92 Å². The molecule has 82 valence electrons. The van der Waals surface area contributed by atoms with E-state index in [0.717, 1.165) is 19.3 Å². The van der Waals surface area contributed by atoms with Crippen LogP contribution in [0.25, 0.3) is 0 Å². The van der Waals surface area contributed by atoms with Gasteiger partial charge in [0, 0.05) is 6.54 Å². The van der Waals surface area contributed by atoms with E-state index in [-0.39, 0.29) is 6.04 Å². The smallest absolute Gasteiger partial charge is 0.136 e. The van der Waals surface area contributed by atoms with Crippen molar-refractivity contribution in [1.29, 1.82) is 0 Å². The average molecular weight is 205 g/mol. The van der Waals surface area contributed by atoms with Crippen molar-refractivity contribution in [3.8, 4) is 0 Å². The summed E-state index contributed by atoms with van der Waals surface area (Å²) in [5, 5.41) is 3.25. The molecule has 1 aromatic carbocycles. The van der Waals surface area contributed by atoms with Crippen LogP contribution in [0.1, 0.15) is 25.8 Å². The van der Waals surface area contributed by atoms with Gasteiger partial charge in [-0.25, -0.2) is 0 Å². The molecule has 0 aliphatic heterocycles. The fourth-order valence-electron chi connectivity index (χ4n) is 1.54. The van der Waals surface area contributed by atoms with Crippen LogP contribution in [0.15, 0.2) is 30.3 Å². The summed E-state index contributed by atoms with van der Waals surface area (Å²) >= 11 is 0. The van der Waals surface area contributed by atoms with E-state index in [1.165, 1.54) is 5.56 Å². The molecular formula is C13H19NO. The van der Waals surface area contributed by atoms with Gasteiger partial charge in [0.25, 0.3) is 0 Å². The van der Waals surface area contributed by atoms with Crippen molar-refractivity contribution < 1.29 is 4.79 Å². The van der Waals surface area contributed by atoms with E-state index in [9.17, 15) is 4.79 Å². The molecule has 0 bridgehead atoms. The average Bonchev–Trinajstić information content (AvgIpc) is 2.25. The third-order valence-electron chi connectivity index (χ3n) is 2.30. The summed E-state index contributed by atoms with van der Waals surface area (Å²) in [6, 6.07) is 10.1. The van der Waals surface area contributed by atoms with Crippen molar-refractivity contribution >= 4 is 6.29 Å². The van der Waals surface area contributed by atoms with E-state index in [0.29, 0.717) is 5.92 Å². The van der Waals surface area contributed by atoms with Crippen molar-refractivity contribution in [3.05, 3.63) is 35.9 Å². The Bertz CT molecular complexity index is 282. The van der Waals surface area contributed by atoms with Crippen molar-refractivity contribution in [3.63, 3.8) is 0 Å². The third kappa shape index (κ3) is 4.75. The van der Waals surface area contributed by atoms with Gasteiger partial charge in [-0.15, -0.1) is 0 Å². The van der Waals surface area contributed by atoms with E-state index in [4.69, 9.17) is 0 Å². The standard InChI is InChI=1S/C13H19NO/c1-11(2)8-13(10-15)14-9-12-6-4-3-5-7-12/h3-7,10-11,13-14H,8-9H2,1-2H3. The van der Waals surface area contributed by atoms with Crippen LogP contribution in [0.5, 0.6) is 0 Å². The Morgan fingerprint density at radius 3 is 2.47 bits per heavy atom. The molecule has 1 atom stereocenters. The van der Waals surface area contributed by atoms with Gasteiger partial charge >= 0.3 is 0 Å². The predicted molar refractivity (Wildman–Crippen MR) is 62.6 cm³/mol. The second kappa shape index (κ2) is 6.36. The predicted octanol–water partition coefficient (Wildman–Crippen LogP) is 2.39. The van der Waals surface area contributed by atoms with E-state index < -0.39 is 0 Å². The lowest BCUT2D eigenvalue weighted by molar-refractivity contribution is -0.109. The molecule has 0 heterocycles. The first-order valence-corrected chi connectivity index (χ1v) is 5.45. The number of aldehydes is 1. The fraction of sp³-hybridized carbons (Fsp3) is 0.462. The third-order valence-corrected chi connectivity index (χ3v) is 2.30. The van der Waals surface area contributed by atoms with Crippen molar-refractivity contribution in [2.24, 2.45) is 5.92 Å². The molecule has 0 aliphatic rings. The highest BCUT2D eigenvalue weighted by Crippen LogP contribution is 2.04. The SMILES string of the molecule is CC(C)CC(C=O)NCc1ccccc1. The summed E-state index contributed by atoms with van der Waals surface area (Å²) in [4.78, 5) is 10.8. The molecule has 2 nitrogen and oxygen atoms in total. The van der Waals surface area contributed by atoms with E-state index >= 15 is 0 Å². The Labute approximate surface area is 91.7 Å². The van der Waals surface area contributed by atoms with Gasteiger partial charge in [0.15, 0.2) is 0 Å². The summed E-state index contributed by atoms with van der Waals surface area (Å²) in [7, 11) is 0. The molecule has 1 rings (SSSR count). The van der Waals surface area contributed by atoms with Crippen molar-refractivity contribution in [1.82, 2.24) is 5.32 Å². The second-order valence-corrected chi connectivity index (χ2v) is 4.24. The molecule has 0 fully saturated rings. The number of carbonyl (C=O) groups excluding carboxylic acids is 1. The summed E-state index contributed by atoms with van der Waals surface area (Å²) < 4.78 is 0. The maximum absolute atomic E-state index is 10.8. The molecule has 0 amide bonds. The maximum Gasteiger partial charge on any atom is 0.136 e. The zero-order chi connectivity index (χ0) is 11.1. The molecule has 0 aromatic heterocycles. The van der Waals surface area contributed by atoms with Gasteiger partial charge in [0.2, 0.25) is 0 Å². The quantitative estimate of drug-likeness (QED) is 0.722. The molecule has 1 aromatic rings. The zero-order valence-corrected chi connectivity index (χ0v) is 9.44. The lowest BCUT2D eigenvalue weighted by Gasteiger charge is -2.14. The molecule has 1 unspecified atom stereocenters. The van der Waals surface area contributed by atoms with Crippen LogP contribution in [0.2, 0.25) is 0 Å². The molecule has 0 spiro atoms. The summed E-state index contributed by atoms with van der Waals surface area (Å²) in [5.74, 6) is 0.545. The molecule has 0 aliphatic carbocycles. The summed E-state index contributed by atoms with van der Waals surface area (Å²) in [6.45, 7) is 5.01. The molecule has 0 saturated carbocycles. The first kappa shape index (κ1) is 11.9. The number of nitrogens with one attached hydrogen (secondary N) is 1. The number of carbonyl (C=O) groups is 1. The van der Waals surface area contributed by atoms with Crippen molar-refractivity contribution in [2.45, 2.75) is 32.9 Å². The van der Waals surface area contributed by atoms with Gasteiger partial charge in [0.1, 0.15) is 6.29 Å². The Morgan fingerprint density at radius 1 is 1.27 bits per heavy atom. The lowest BCUT2D eigenvalue weighted by Crippen LogP contribution is -2.31. The minimum absolute atomic E-state index is 0.0230. The van der Waals surface area contributed by atoms with Crippen LogP contribution in [-0.4, -0.2) is 12.3 Å². The van der Waals surface area contributed by atoms with Crippen LogP contribution in [0.3, 0.4) is 0 Å². The minimum atomic E-state index is -0.0230. The number of rotatable bonds is 6. The Morgan fingerprint density at radius 2 is 1.93 bits per heavy atom. The molecule has 0 radical (unpaired) electrons. The monoisotopic (exact) mass is 205 g/mol. The highest BCUT2D eigenvalue weighted by atomic mass is 16.1. The zero-order valence-electron chi connectivity index (χ0n) is 9.44. The van der Waals surface area contributed by atoms with E-state index in [1.807, 2.05) is 18.2 Å². The van der Waals surface area contributed by atoms with Crippen LogP contribution in [-0.2, 0) is 11.3 Å². The van der Waals surface area contributed by atoms with E-state index in [1.54, 1.807) is 0 Å². The van der Waals surface area contributed by atoms with Crippen LogP contribution < -0.4 is 5.32 Å². The molecule has 0 saturated heterocycles. The first-order chi connectivity index (χ1) is 7.22. The molecule has 2 heteroatoms. The molecule has 15 heavy (non-hydrogen) atoms. The highest BCUT2D eigenvalue weighted by molar-refractivity contribution is 5.57. The number of hydrogen-bond acceptors (Lipinski definition) is 2. The number of benzene rings is 1. The van der Waals surface area contributed by atoms with Gasteiger partial charge < -0.3 is 10.1 Å². The van der Waals surface area contributed by atoms with Gasteiger partial charge in [0.05, 0.1) is 6.04 Å². The van der Waals surface area contributed by atoms with Crippen molar-refractivity contribution in [2.75, 3.05) is 0 Å². The van der Waals surface area contributed by atoms with Gasteiger partial charge in [-0.1, -0.05) is 44.2 Å². The Balaban J connectivity index is 2.38.